The molecule has 2 nitrogen and oxygen atoms in total. The zero-order chi connectivity index (χ0) is 19.1. The molecule has 2 heteroatoms. The van der Waals surface area contributed by atoms with Crippen LogP contribution in [0.15, 0.2) is 72.8 Å². The number of carboxylic acids is 1. The van der Waals surface area contributed by atoms with E-state index in [9.17, 15) is 4.79 Å². The molecule has 0 fully saturated rings. The second-order valence-corrected chi connectivity index (χ2v) is 7.06. The molecule has 0 saturated heterocycles. The Kier molecular flexibility index (Phi) is 6.43. The summed E-state index contributed by atoms with van der Waals surface area (Å²) in [6.45, 7) is 1.87. The molecule has 0 heterocycles. The van der Waals surface area contributed by atoms with Crippen molar-refractivity contribution in [3.8, 4) is 0 Å². The van der Waals surface area contributed by atoms with E-state index in [1.165, 1.54) is 22.3 Å². The van der Waals surface area contributed by atoms with Crippen molar-refractivity contribution in [1.29, 1.82) is 0 Å². The number of carboxylic acid groups (broad SMARTS) is 1. The molecule has 3 aromatic carbocycles. The van der Waals surface area contributed by atoms with E-state index in [-0.39, 0.29) is 0 Å². The first kappa shape index (κ1) is 18.9. The number of hydrogen-bond donors (Lipinski definition) is 1. The summed E-state index contributed by atoms with van der Waals surface area (Å²) in [6.07, 6.45) is 5.20. The smallest absolute Gasteiger partial charge is 0.335 e. The molecule has 3 rings (SSSR count). The zero-order valence-corrected chi connectivity index (χ0v) is 15.8. The first-order valence-corrected chi connectivity index (χ1v) is 9.57. The van der Waals surface area contributed by atoms with Gasteiger partial charge in [-0.2, -0.15) is 0 Å². The van der Waals surface area contributed by atoms with Crippen LogP contribution < -0.4 is 0 Å². The molecule has 138 valence electrons. The summed E-state index contributed by atoms with van der Waals surface area (Å²) in [6, 6.07) is 25.0. The van der Waals surface area contributed by atoms with Gasteiger partial charge in [-0.25, -0.2) is 4.79 Å². The highest BCUT2D eigenvalue weighted by atomic mass is 16.4. The van der Waals surface area contributed by atoms with Crippen molar-refractivity contribution >= 4 is 5.97 Å². The van der Waals surface area contributed by atoms with Gasteiger partial charge in [-0.3, -0.25) is 0 Å². The molecule has 0 aliphatic carbocycles. The number of aromatic carboxylic acids is 1. The van der Waals surface area contributed by atoms with Crippen molar-refractivity contribution in [2.45, 2.75) is 39.0 Å². The molecule has 0 radical (unpaired) electrons. The van der Waals surface area contributed by atoms with Crippen LogP contribution in [0.25, 0.3) is 0 Å². The lowest BCUT2D eigenvalue weighted by Gasteiger charge is -2.10. The van der Waals surface area contributed by atoms with E-state index in [1.807, 2.05) is 19.1 Å². The normalized spacial score (nSPS) is 10.7. The van der Waals surface area contributed by atoms with Crippen molar-refractivity contribution in [3.63, 3.8) is 0 Å². The topological polar surface area (TPSA) is 37.3 Å². The van der Waals surface area contributed by atoms with Crippen LogP contribution >= 0.6 is 0 Å². The Morgan fingerprint density at radius 3 is 2.07 bits per heavy atom. The maximum absolute atomic E-state index is 11.1. The number of benzene rings is 3. The van der Waals surface area contributed by atoms with Gasteiger partial charge in [0.2, 0.25) is 0 Å². The van der Waals surface area contributed by atoms with Crippen LogP contribution in [0.2, 0.25) is 0 Å². The Balaban J connectivity index is 1.58. The Morgan fingerprint density at radius 1 is 0.741 bits per heavy atom. The van der Waals surface area contributed by atoms with E-state index in [0.717, 1.165) is 37.7 Å². The predicted octanol–water partition coefficient (Wildman–Crippen LogP) is 5.65. The van der Waals surface area contributed by atoms with Gasteiger partial charge in [0.25, 0.3) is 0 Å². The molecular formula is C25H26O2. The predicted molar refractivity (Wildman–Crippen MR) is 110 cm³/mol. The van der Waals surface area contributed by atoms with Gasteiger partial charge in [-0.05, 0) is 72.9 Å². The quantitative estimate of drug-likeness (QED) is 0.564. The lowest BCUT2D eigenvalue weighted by molar-refractivity contribution is 0.0696. The molecule has 0 spiro atoms. The van der Waals surface area contributed by atoms with Crippen LogP contribution in [0.4, 0.5) is 0 Å². The van der Waals surface area contributed by atoms with E-state index in [4.69, 9.17) is 5.11 Å². The third kappa shape index (κ3) is 5.30. The maximum Gasteiger partial charge on any atom is 0.335 e. The minimum Gasteiger partial charge on any atom is -0.478 e. The summed E-state index contributed by atoms with van der Waals surface area (Å²) in [4.78, 5) is 11.1. The molecule has 0 saturated carbocycles. The number of aryl methyl sites for hydroxylation is 5. The Bertz CT molecular complexity index is 897. The fourth-order valence-electron chi connectivity index (χ4n) is 3.57. The first-order chi connectivity index (χ1) is 13.1. The van der Waals surface area contributed by atoms with Gasteiger partial charge in [0.05, 0.1) is 5.56 Å². The Morgan fingerprint density at radius 2 is 1.41 bits per heavy atom. The molecule has 0 aliphatic rings. The summed E-state index contributed by atoms with van der Waals surface area (Å²) in [5, 5.41) is 9.14. The highest BCUT2D eigenvalue weighted by molar-refractivity contribution is 5.89. The van der Waals surface area contributed by atoms with Crippen LogP contribution in [-0.2, 0) is 25.7 Å². The molecule has 3 aromatic rings. The summed E-state index contributed by atoms with van der Waals surface area (Å²) >= 11 is 0. The van der Waals surface area contributed by atoms with Crippen LogP contribution in [0, 0.1) is 6.92 Å². The van der Waals surface area contributed by atoms with Crippen LogP contribution in [0.3, 0.4) is 0 Å². The second kappa shape index (κ2) is 9.18. The van der Waals surface area contributed by atoms with Gasteiger partial charge in [0, 0.05) is 0 Å². The van der Waals surface area contributed by atoms with Crippen molar-refractivity contribution in [2.75, 3.05) is 0 Å². The fraction of sp³-hybridized carbons (Fsp3) is 0.240. The van der Waals surface area contributed by atoms with Crippen LogP contribution in [-0.4, -0.2) is 11.1 Å². The zero-order valence-electron chi connectivity index (χ0n) is 15.8. The number of carbonyl (C=O) groups is 1. The molecule has 0 atom stereocenters. The van der Waals surface area contributed by atoms with Crippen molar-refractivity contribution in [1.82, 2.24) is 0 Å². The van der Waals surface area contributed by atoms with Crippen LogP contribution in [0.1, 0.15) is 44.6 Å². The first-order valence-electron chi connectivity index (χ1n) is 9.57. The molecule has 0 aliphatic heterocycles. The van der Waals surface area contributed by atoms with E-state index in [0.29, 0.717) is 5.56 Å². The third-order valence-electron chi connectivity index (χ3n) is 5.08. The van der Waals surface area contributed by atoms with Gasteiger partial charge < -0.3 is 5.11 Å². The van der Waals surface area contributed by atoms with Gasteiger partial charge in [0.1, 0.15) is 0 Å². The van der Waals surface area contributed by atoms with Crippen LogP contribution in [0.5, 0.6) is 0 Å². The Labute approximate surface area is 161 Å². The molecule has 0 aromatic heterocycles. The second-order valence-electron chi connectivity index (χ2n) is 7.06. The van der Waals surface area contributed by atoms with Gasteiger partial charge in [-0.15, -0.1) is 0 Å². The lowest BCUT2D eigenvalue weighted by atomic mass is 9.95. The summed E-state index contributed by atoms with van der Waals surface area (Å²) in [5.41, 5.74) is 6.67. The number of rotatable bonds is 8. The SMILES string of the molecule is Cc1cc(CCCc2ccccc2CCc2ccccc2)ccc1C(=O)O. The van der Waals surface area contributed by atoms with Gasteiger partial charge in [-0.1, -0.05) is 66.7 Å². The fourth-order valence-corrected chi connectivity index (χ4v) is 3.57. The van der Waals surface area contributed by atoms with Crippen molar-refractivity contribution in [3.05, 3.63) is 106 Å². The monoisotopic (exact) mass is 358 g/mol. The minimum atomic E-state index is -0.855. The standard InChI is InChI=1S/C25H26O2/c1-19-18-21(15-17-24(19)25(26)27)10-7-13-22-11-5-6-12-23(22)16-14-20-8-3-2-4-9-20/h2-6,8-9,11-12,15,17-18H,7,10,13-14,16H2,1H3,(H,26,27). The molecule has 27 heavy (non-hydrogen) atoms. The largest absolute Gasteiger partial charge is 0.478 e. The summed E-state index contributed by atoms with van der Waals surface area (Å²) in [7, 11) is 0. The molecular weight excluding hydrogens is 332 g/mol. The summed E-state index contributed by atoms with van der Waals surface area (Å²) in [5.74, 6) is -0.855. The minimum absolute atomic E-state index is 0.394. The van der Waals surface area contributed by atoms with E-state index in [2.05, 4.69) is 54.6 Å². The number of hydrogen-bond acceptors (Lipinski definition) is 1. The molecule has 0 bridgehead atoms. The lowest BCUT2D eigenvalue weighted by Crippen LogP contribution is -2.01. The van der Waals surface area contributed by atoms with E-state index >= 15 is 0 Å². The molecule has 0 unspecified atom stereocenters. The highest BCUT2D eigenvalue weighted by Gasteiger charge is 2.08. The summed E-state index contributed by atoms with van der Waals surface area (Å²) < 4.78 is 0. The van der Waals surface area contributed by atoms with E-state index in [1.54, 1.807) is 6.07 Å². The maximum atomic E-state index is 11.1. The third-order valence-corrected chi connectivity index (χ3v) is 5.08. The molecule has 0 amide bonds. The van der Waals surface area contributed by atoms with Gasteiger partial charge >= 0.3 is 5.97 Å². The van der Waals surface area contributed by atoms with Crippen molar-refractivity contribution in [2.24, 2.45) is 0 Å². The van der Waals surface area contributed by atoms with E-state index < -0.39 is 5.97 Å². The average Bonchev–Trinajstić information content (AvgIpc) is 2.68. The molecule has 1 N–H and O–H groups in total. The van der Waals surface area contributed by atoms with Gasteiger partial charge in [0.15, 0.2) is 0 Å². The average molecular weight is 358 g/mol. The van der Waals surface area contributed by atoms with Crippen molar-refractivity contribution < 1.29 is 9.90 Å². The Hall–Kier alpha value is -2.87. The highest BCUT2D eigenvalue weighted by Crippen LogP contribution is 2.17.